The van der Waals surface area contributed by atoms with E-state index >= 15 is 0 Å². The van der Waals surface area contributed by atoms with Crippen LogP contribution in [0.15, 0.2) is 82.7 Å². The number of hydrogen-bond acceptors (Lipinski definition) is 5. The van der Waals surface area contributed by atoms with E-state index in [4.69, 9.17) is 0 Å². The van der Waals surface area contributed by atoms with Gasteiger partial charge in [-0.2, -0.15) is 8.78 Å². The van der Waals surface area contributed by atoms with Gasteiger partial charge in [0.25, 0.3) is 5.56 Å². The van der Waals surface area contributed by atoms with Crippen molar-refractivity contribution in [1.82, 2.24) is 9.55 Å². The number of benzene rings is 3. The summed E-state index contributed by atoms with van der Waals surface area (Å²) >= 11 is 0.968. The molecule has 0 aliphatic heterocycles. The Bertz CT molecular complexity index is 1360. The minimum Gasteiger partial charge on any atom is -0.435 e. The summed E-state index contributed by atoms with van der Waals surface area (Å²) in [4.78, 5) is 30.0. The zero-order valence-corrected chi connectivity index (χ0v) is 17.7. The molecule has 4 aromatic rings. The lowest BCUT2D eigenvalue weighted by Gasteiger charge is -2.14. The second-order valence-corrected chi connectivity index (χ2v) is 7.69. The van der Waals surface area contributed by atoms with E-state index in [1.54, 1.807) is 30.3 Å². The van der Waals surface area contributed by atoms with Gasteiger partial charge in [-0.15, -0.1) is 0 Å². The van der Waals surface area contributed by atoms with Crippen molar-refractivity contribution in [3.05, 3.63) is 89.0 Å². The van der Waals surface area contributed by atoms with E-state index in [0.717, 1.165) is 16.3 Å². The monoisotopic (exact) mass is 471 g/mol. The molecule has 10 heteroatoms. The molecular formula is C23H16F3N3O3S. The average molecular weight is 471 g/mol. The minimum atomic E-state index is -2.94. The van der Waals surface area contributed by atoms with Gasteiger partial charge in [0.05, 0.1) is 22.3 Å². The van der Waals surface area contributed by atoms with Gasteiger partial charge in [-0.05, 0) is 48.5 Å². The van der Waals surface area contributed by atoms with Crippen molar-refractivity contribution in [2.24, 2.45) is 0 Å². The highest BCUT2D eigenvalue weighted by Crippen LogP contribution is 2.23. The van der Waals surface area contributed by atoms with Crippen molar-refractivity contribution >= 4 is 34.3 Å². The zero-order chi connectivity index (χ0) is 23.4. The van der Waals surface area contributed by atoms with Gasteiger partial charge >= 0.3 is 6.61 Å². The third-order valence-corrected chi connectivity index (χ3v) is 5.47. The molecule has 0 aliphatic rings. The van der Waals surface area contributed by atoms with Crippen LogP contribution in [-0.2, 0) is 4.79 Å². The van der Waals surface area contributed by atoms with Crippen molar-refractivity contribution in [1.29, 1.82) is 0 Å². The standard InChI is InChI=1S/C23H16F3N3O3S/c24-17-6-2-4-8-19(17)29-21(31)16-5-1-3-7-18(16)28-23(29)33-13-20(30)27-14-9-11-15(12-10-14)32-22(25)26/h1-12,22H,13H2,(H,27,30). The molecule has 33 heavy (non-hydrogen) atoms. The number of alkyl halides is 2. The Balaban J connectivity index is 1.58. The Hall–Kier alpha value is -3.79. The molecule has 0 unspecified atom stereocenters. The normalized spacial score (nSPS) is 11.0. The fourth-order valence-electron chi connectivity index (χ4n) is 3.10. The van der Waals surface area contributed by atoms with Crippen LogP contribution < -0.4 is 15.6 Å². The number of halogens is 3. The molecule has 1 amide bonds. The summed E-state index contributed by atoms with van der Waals surface area (Å²) in [5, 5.41) is 3.10. The molecule has 0 atom stereocenters. The number of nitrogens with zero attached hydrogens (tertiary/aromatic N) is 2. The first-order valence-electron chi connectivity index (χ1n) is 9.66. The lowest BCUT2D eigenvalue weighted by molar-refractivity contribution is -0.113. The Morgan fingerprint density at radius 1 is 1.03 bits per heavy atom. The van der Waals surface area contributed by atoms with Crippen molar-refractivity contribution in [3.63, 3.8) is 0 Å². The highest BCUT2D eigenvalue weighted by atomic mass is 32.2. The molecule has 168 valence electrons. The summed E-state index contributed by atoms with van der Waals surface area (Å²) in [7, 11) is 0. The van der Waals surface area contributed by atoms with E-state index in [2.05, 4.69) is 15.0 Å². The number of para-hydroxylation sites is 2. The molecule has 1 N–H and O–H groups in total. The summed E-state index contributed by atoms with van der Waals surface area (Å²) in [5.74, 6) is -1.19. The highest BCUT2D eigenvalue weighted by molar-refractivity contribution is 7.99. The van der Waals surface area contributed by atoms with Crippen molar-refractivity contribution in [2.45, 2.75) is 11.8 Å². The van der Waals surface area contributed by atoms with E-state index in [1.165, 1.54) is 42.5 Å². The molecule has 4 rings (SSSR count). The Kier molecular flexibility index (Phi) is 6.64. The molecule has 0 aliphatic carbocycles. The molecule has 0 saturated heterocycles. The van der Waals surface area contributed by atoms with Gasteiger partial charge < -0.3 is 10.1 Å². The first kappa shape index (κ1) is 22.4. The zero-order valence-electron chi connectivity index (χ0n) is 16.9. The number of fused-ring (bicyclic) bond motifs is 1. The Morgan fingerprint density at radius 3 is 2.45 bits per heavy atom. The fraction of sp³-hybridized carbons (Fsp3) is 0.0870. The third kappa shape index (κ3) is 5.17. The van der Waals surface area contributed by atoms with Crippen molar-refractivity contribution in [2.75, 3.05) is 11.1 Å². The van der Waals surface area contributed by atoms with Crippen molar-refractivity contribution in [3.8, 4) is 11.4 Å². The largest absolute Gasteiger partial charge is 0.435 e. The summed E-state index contributed by atoms with van der Waals surface area (Å²) in [5.41, 5.74) is 0.370. The number of hydrogen-bond donors (Lipinski definition) is 1. The SMILES string of the molecule is O=C(CSc1nc2ccccc2c(=O)n1-c1ccccc1F)Nc1ccc(OC(F)F)cc1. The van der Waals surface area contributed by atoms with Crippen LogP contribution >= 0.6 is 11.8 Å². The summed E-state index contributed by atoms with van der Waals surface area (Å²) in [6.07, 6.45) is 0. The number of thioether (sulfide) groups is 1. The predicted octanol–water partition coefficient (Wildman–Crippen LogP) is 4.86. The van der Waals surface area contributed by atoms with Crippen LogP contribution in [0.25, 0.3) is 16.6 Å². The van der Waals surface area contributed by atoms with E-state index in [9.17, 15) is 22.8 Å². The lowest BCUT2D eigenvalue weighted by atomic mass is 10.2. The molecule has 0 bridgehead atoms. The minimum absolute atomic E-state index is 0.0262. The van der Waals surface area contributed by atoms with Gasteiger partial charge in [-0.1, -0.05) is 36.0 Å². The first-order valence-corrected chi connectivity index (χ1v) is 10.6. The van der Waals surface area contributed by atoms with E-state index in [0.29, 0.717) is 16.6 Å². The number of amides is 1. The van der Waals surface area contributed by atoms with E-state index < -0.39 is 23.9 Å². The van der Waals surface area contributed by atoms with Crippen LogP contribution in [0.3, 0.4) is 0 Å². The second kappa shape index (κ2) is 9.78. The van der Waals surface area contributed by atoms with Gasteiger partial charge in [0.15, 0.2) is 5.16 Å². The lowest BCUT2D eigenvalue weighted by Crippen LogP contribution is -2.23. The first-order chi connectivity index (χ1) is 15.9. The molecule has 3 aromatic carbocycles. The summed E-state index contributed by atoms with van der Waals surface area (Å²) in [6, 6.07) is 17.9. The van der Waals surface area contributed by atoms with Crippen LogP contribution in [0.5, 0.6) is 5.75 Å². The summed E-state index contributed by atoms with van der Waals surface area (Å²) < 4.78 is 44.4. The van der Waals surface area contributed by atoms with Crippen molar-refractivity contribution < 1.29 is 22.7 Å². The van der Waals surface area contributed by atoms with Crippen LogP contribution in [0, 0.1) is 5.82 Å². The van der Waals surface area contributed by atoms with Gasteiger partial charge in [0, 0.05) is 5.69 Å². The molecular weight excluding hydrogens is 455 g/mol. The van der Waals surface area contributed by atoms with Gasteiger partial charge in [0.1, 0.15) is 11.6 Å². The number of anilines is 1. The highest BCUT2D eigenvalue weighted by Gasteiger charge is 2.17. The van der Waals surface area contributed by atoms with Gasteiger partial charge in [0.2, 0.25) is 5.91 Å². The van der Waals surface area contributed by atoms with E-state index in [-0.39, 0.29) is 22.3 Å². The molecule has 6 nitrogen and oxygen atoms in total. The van der Waals surface area contributed by atoms with Crippen LogP contribution in [-0.4, -0.2) is 27.8 Å². The predicted molar refractivity (Wildman–Crippen MR) is 120 cm³/mol. The summed E-state index contributed by atoms with van der Waals surface area (Å²) in [6.45, 7) is -2.94. The van der Waals surface area contributed by atoms with E-state index in [1.807, 2.05) is 0 Å². The maximum absolute atomic E-state index is 14.5. The number of ether oxygens (including phenoxy) is 1. The Labute approximate surface area is 190 Å². The van der Waals surface area contributed by atoms with Crippen LogP contribution in [0.4, 0.5) is 18.9 Å². The number of carbonyl (C=O) groups excluding carboxylic acids is 1. The number of aromatic nitrogens is 2. The quantitative estimate of drug-likeness (QED) is 0.308. The fourth-order valence-corrected chi connectivity index (χ4v) is 3.91. The maximum atomic E-state index is 14.5. The Morgan fingerprint density at radius 2 is 1.73 bits per heavy atom. The molecule has 0 fully saturated rings. The number of rotatable bonds is 7. The third-order valence-electron chi connectivity index (χ3n) is 4.53. The van der Waals surface area contributed by atoms with Crippen LogP contribution in [0.2, 0.25) is 0 Å². The maximum Gasteiger partial charge on any atom is 0.387 e. The topological polar surface area (TPSA) is 73.2 Å². The van der Waals surface area contributed by atoms with Gasteiger partial charge in [-0.25, -0.2) is 9.37 Å². The average Bonchev–Trinajstić information content (AvgIpc) is 2.80. The van der Waals surface area contributed by atoms with Gasteiger partial charge in [-0.3, -0.25) is 14.2 Å². The molecule has 0 radical (unpaired) electrons. The molecule has 1 aromatic heterocycles. The smallest absolute Gasteiger partial charge is 0.387 e. The number of carbonyl (C=O) groups is 1. The molecule has 0 spiro atoms. The number of nitrogens with one attached hydrogen (secondary N) is 1. The van der Waals surface area contributed by atoms with Crippen LogP contribution in [0.1, 0.15) is 0 Å². The molecule has 0 saturated carbocycles. The second-order valence-electron chi connectivity index (χ2n) is 6.74. The molecule has 1 heterocycles.